The summed E-state index contributed by atoms with van der Waals surface area (Å²) < 4.78 is 0. The predicted octanol–water partition coefficient (Wildman–Crippen LogP) is 6.83. The number of nitrogens with zero attached hydrogens (tertiary/aromatic N) is 4. The largest absolute Gasteiger partial charge is 0.343 e. The van der Waals surface area contributed by atoms with Crippen molar-refractivity contribution in [1.82, 2.24) is 15.0 Å². The fourth-order valence-electron chi connectivity index (χ4n) is 4.22. The second kappa shape index (κ2) is 12.5. The minimum Gasteiger partial charge on any atom is -0.343 e. The Morgan fingerprint density at radius 1 is 1.03 bits per heavy atom. The van der Waals surface area contributed by atoms with Crippen molar-refractivity contribution in [3.63, 3.8) is 0 Å². The molecule has 4 aromatic rings. The van der Waals surface area contributed by atoms with E-state index in [1.54, 1.807) is 30.7 Å². The molecule has 0 spiro atoms. The van der Waals surface area contributed by atoms with Gasteiger partial charge < -0.3 is 9.69 Å². The molecule has 0 aliphatic carbocycles. The van der Waals surface area contributed by atoms with Crippen LogP contribution in [0.3, 0.4) is 0 Å². The monoisotopic (exact) mass is 498 g/mol. The summed E-state index contributed by atoms with van der Waals surface area (Å²) in [5.41, 5.74) is 6.56. The number of rotatable bonds is 7. The number of unbranched alkanes of at least 4 members (excludes halogenated alkanes) is 1. The van der Waals surface area contributed by atoms with Crippen molar-refractivity contribution >= 4 is 22.3 Å². The number of carbonyl (C=O) groups excluding carboxylic acids is 1. The number of carbonyl (C=O) groups is 1. The lowest BCUT2D eigenvalue weighted by Gasteiger charge is -2.28. The summed E-state index contributed by atoms with van der Waals surface area (Å²) >= 11 is 1.80. The number of hydrogen-bond donors (Lipinski definition) is 0. The molecule has 0 saturated carbocycles. The molecule has 6 heteroatoms. The topological polar surface area (TPSA) is 59.0 Å². The molecule has 0 fully saturated rings. The highest BCUT2D eigenvalue weighted by Gasteiger charge is 2.19. The first-order chi connectivity index (χ1) is 17.5. The summed E-state index contributed by atoms with van der Waals surface area (Å²) in [5.74, 6) is 1.07. The van der Waals surface area contributed by atoms with Crippen LogP contribution in [0.1, 0.15) is 60.2 Å². The Hall–Kier alpha value is -3.38. The van der Waals surface area contributed by atoms with E-state index in [1.807, 2.05) is 12.3 Å². The lowest BCUT2D eigenvalue weighted by Crippen LogP contribution is -2.30. The Labute approximate surface area is 218 Å². The highest BCUT2D eigenvalue weighted by Crippen LogP contribution is 2.30. The molecule has 1 aliphatic heterocycles. The lowest BCUT2D eigenvalue weighted by atomic mass is 9.98. The van der Waals surface area contributed by atoms with Gasteiger partial charge in [0.25, 0.3) is 0 Å². The number of hydrogen-bond acceptors (Lipinski definition) is 6. The van der Waals surface area contributed by atoms with Crippen LogP contribution in [0.5, 0.6) is 0 Å². The van der Waals surface area contributed by atoms with Gasteiger partial charge in [0.05, 0.1) is 0 Å². The summed E-state index contributed by atoms with van der Waals surface area (Å²) in [4.78, 5) is 27.3. The molecular weight excluding hydrogens is 464 g/mol. The number of Topliss-reactive ketones (excluding diaryl/α,β-unsaturated/α-hetero) is 1. The number of benzene rings is 2. The fraction of sp³-hybridized carbons (Fsp3) is 0.333. The van der Waals surface area contributed by atoms with Gasteiger partial charge in [-0.3, -0.25) is 0 Å². The van der Waals surface area contributed by atoms with Gasteiger partial charge in [0.1, 0.15) is 5.78 Å². The Morgan fingerprint density at radius 3 is 2.50 bits per heavy atom. The molecule has 0 unspecified atom stereocenters. The van der Waals surface area contributed by atoms with E-state index in [9.17, 15) is 4.79 Å². The maximum Gasteiger partial charge on any atom is 0.185 e. The fourth-order valence-corrected chi connectivity index (χ4v) is 5.19. The number of thiazole rings is 1. The Bertz CT molecular complexity index is 1270. The number of ketones is 1. The van der Waals surface area contributed by atoms with Crippen molar-refractivity contribution in [2.45, 2.75) is 59.4 Å². The minimum atomic E-state index is 0.307. The van der Waals surface area contributed by atoms with E-state index in [0.29, 0.717) is 5.78 Å². The molecule has 5 nitrogen and oxygen atoms in total. The second-order valence-corrected chi connectivity index (χ2v) is 10.4. The van der Waals surface area contributed by atoms with E-state index in [0.717, 1.165) is 61.7 Å². The molecule has 0 N–H and O–H groups in total. The molecule has 3 heterocycles. The van der Waals surface area contributed by atoms with Crippen molar-refractivity contribution in [3.05, 3.63) is 94.3 Å². The van der Waals surface area contributed by atoms with Gasteiger partial charge in [-0.2, -0.15) is 0 Å². The average Bonchev–Trinajstić information content (AvgIpc) is 3.37. The standard InChI is InChI=1S/C24H22N4S.C6H12O/c1-17-3-6-19-9-12-28(16-21(19)13-17)24-27-15-22(29-24)14-18-4-7-20(8-5-18)23-25-10-2-11-26-23;1-3-4-5-6(2)7/h2-8,10-11,13,15H,9,12,14,16H2,1H3;3-5H2,1-2H3. The van der Waals surface area contributed by atoms with Crippen LogP contribution in [-0.2, 0) is 24.2 Å². The number of anilines is 1. The molecule has 36 heavy (non-hydrogen) atoms. The molecule has 2 aromatic heterocycles. The molecule has 2 aromatic carbocycles. The van der Waals surface area contributed by atoms with Gasteiger partial charge in [-0.05, 0) is 49.4 Å². The van der Waals surface area contributed by atoms with E-state index < -0.39 is 0 Å². The zero-order chi connectivity index (χ0) is 25.3. The smallest absolute Gasteiger partial charge is 0.185 e. The van der Waals surface area contributed by atoms with Gasteiger partial charge in [0, 0.05) is 55.0 Å². The highest BCUT2D eigenvalue weighted by atomic mass is 32.1. The van der Waals surface area contributed by atoms with Crippen molar-refractivity contribution in [1.29, 1.82) is 0 Å². The third-order valence-corrected chi connectivity index (χ3v) is 7.28. The summed E-state index contributed by atoms with van der Waals surface area (Å²) in [6.07, 6.45) is 10.5. The first-order valence-electron chi connectivity index (χ1n) is 12.7. The Kier molecular flexibility index (Phi) is 8.95. The van der Waals surface area contributed by atoms with Crippen molar-refractivity contribution in [2.24, 2.45) is 0 Å². The molecule has 0 bridgehead atoms. The predicted molar refractivity (Wildman–Crippen MR) is 149 cm³/mol. The zero-order valence-corrected chi connectivity index (χ0v) is 22.2. The minimum absolute atomic E-state index is 0.307. The number of fused-ring (bicyclic) bond motifs is 1. The molecule has 0 radical (unpaired) electrons. The molecular formula is C30H34N4OS. The van der Waals surface area contributed by atoms with Crippen LogP contribution in [0.25, 0.3) is 11.4 Å². The van der Waals surface area contributed by atoms with Gasteiger partial charge in [-0.25, -0.2) is 15.0 Å². The average molecular weight is 499 g/mol. The number of aryl methyl sites for hydroxylation is 1. The van der Waals surface area contributed by atoms with Crippen LogP contribution in [0, 0.1) is 6.92 Å². The van der Waals surface area contributed by atoms with Crippen LogP contribution in [-0.4, -0.2) is 27.3 Å². The van der Waals surface area contributed by atoms with Crippen LogP contribution >= 0.6 is 11.3 Å². The Balaban J connectivity index is 0.000000384. The lowest BCUT2D eigenvalue weighted by molar-refractivity contribution is -0.117. The van der Waals surface area contributed by atoms with E-state index >= 15 is 0 Å². The van der Waals surface area contributed by atoms with E-state index in [-0.39, 0.29) is 0 Å². The van der Waals surface area contributed by atoms with Gasteiger partial charge >= 0.3 is 0 Å². The molecule has 0 atom stereocenters. The second-order valence-electron chi connectivity index (χ2n) is 9.30. The number of aromatic nitrogens is 3. The SMILES string of the molecule is CCCCC(C)=O.Cc1ccc2c(c1)CN(c1ncc(Cc3ccc(-c4ncccn4)cc3)s1)CC2. The quantitative estimate of drug-likeness (QED) is 0.280. The van der Waals surface area contributed by atoms with Crippen LogP contribution in [0.4, 0.5) is 5.13 Å². The molecule has 0 saturated heterocycles. The van der Waals surface area contributed by atoms with Crippen molar-refractivity contribution < 1.29 is 4.79 Å². The third kappa shape index (κ3) is 7.08. The summed E-state index contributed by atoms with van der Waals surface area (Å²) in [6, 6.07) is 17.1. The normalized spacial score (nSPS) is 12.5. The van der Waals surface area contributed by atoms with Crippen molar-refractivity contribution in [2.75, 3.05) is 11.4 Å². The maximum atomic E-state index is 10.2. The van der Waals surface area contributed by atoms with Crippen LogP contribution < -0.4 is 4.90 Å². The Morgan fingerprint density at radius 2 is 1.81 bits per heavy atom. The molecule has 1 aliphatic rings. The van der Waals surface area contributed by atoms with E-state index in [2.05, 4.69) is 71.2 Å². The van der Waals surface area contributed by atoms with Crippen LogP contribution in [0.15, 0.2) is 67.1 Å². The zero-order valence-electron chi connectivity index (χ0n) is 21.4. The highest BCUT2D eigenvalue weighted by molar-refractivity contribution is 7.15. The first kappa shape index (κ1) is 25.7. The summed E-state index contributed by atoms with van der Waals surface area (Å²) in [6.45, 7) is 7.87. The maximum absolute atomic E-state index is 10.2. The molecule has 0 amide bonds. The van der Waals surface area contributed by atoms with Crippen LogP contribution in [0.2, 0.25) is 0 Å². The molecule has 5 rings (SSSR count). The summed E-state index contributed by atoms with van der Waals surface area (Å²) in [5, 5.41) is 1.13. The third-order valence-electron chi connectivity index (χ3n) is 6.22. The van der Waals surface area contributed by atoms with Gasteiger partial charge in [0.15, 0.2) is 11.0 Å². The molecule has 186 valence electrons. The van der Waals surface area contributed by atoms with Gasteiger partial charge in [-0.1, -0.05) is 61.4 Å². The summed E-state index contributed by atoms with van der Waals surface area (Å²) in [7, 11) is 0. The van der Waals surface area contributed by atoms with E-state index in [1.165, 1.54) is 27.1 Å². The van der Waals surface area contributed by atoms with Gasteiger partial charge in [-0.15, -0.1) is 11.3 Å². The van der Waals surface area contributed by atoms with Crippen molar-refractivity contribution in [3.8, 4) is 11.4 Å². The van der Waals surface area contributed by atoms with E-state index in [4.69, 9.17) is 4.98 Å². The van der Waals surface area contributed by atoms with Gasteiger partial charge in [0.2, 0.25) is 0 Å². The first-order valence-corrected chi connectivity index (χ1v) is 13.5.